The van der Waals surface area contributed by atoms with Gasteiger partial charge in [0.1, 0.15) is 0 Å². The number of benzene rings is 1. The molecule has 1 saturated heterocycles. The minimum atomic E-state index is -4.25. The first-order valence-corrected chi connectivity index (χ1v) is 11.1. The van der Waals surface area contributed by atoms with E-state index in [1.807, 2.05) is 29.2 Å². The maximum absolute atomic E-state index is 13.4. The molecule has 4 nitrogen and oxygen atoms in total. The zero-order valence-corrected chi connectivity index (χ0v) is 17.4. The quantitative estimate of drug-likeness (QED) is 0.690. The average Bonchev–Trinajstić information content (AvgIpc) is 2.72. The van der Waals surface area contributed by atoms with Crippen LogP contribution < -0.4 is 4.90 Å². The van der Waals surface area contributed by atoms with E-state index in [1.54, 1.807) is 6.08 Å². The van der Waals surface area contributed by atoms with Gasteiger partial charge >= 0.3 is 12.1 Å². The standard InChI is InChI=1S/C22H25F3N2O2S/c23-22(24,25)16-8-9-20-18(13-16)27(17-6-1-2-7-19(17)30-20)12-4-11-26-10-3-5-15(14-26)21(28)29/h1-2,6-9,15-16H,3-5,10-14H2,(H,28,29)/t15-,16?/m1/s1. The number of carboxylic acid groups (broad SMARTS) is 1. The Labute approximate surface area is 178 Å². The van der Waals surface area contributed by atoms with Gasteiger partial charge in [-0.2, -0.15) is 13.2 Å². The molecule has 2 aliphatic heterocycles. The lowest BCUT2D eigenvalue weighted by atomic mass is 9.96. The Morgan fingerprint density at radius 1 is 1.23 bits per heavy atom. The number of thioether (sulfide) groups is 1. The van der Waals surface area contributed by atoms with E-state index in [9.17, 15) is 23.1 Å². The Morgan fingerprint density at radius 2 is 2.03 bits per heavy atom. The second-order valence-corrected chi connectivity index (χ2v) is 9.16. The molecule has 0 saturated carbocycles. The highest BCUT2D eigenvalue weighted by Crippen LogP contribution is 2.49. The summed E-state index contributed by atoms with van der Waals surface area (Å²) in [4.78, 5) is 17.4. The molecule has 0 spiro atoms. The minimum absolute atomic E-state index is 0.0402. The van der Waals surface area contributed by atoms with Crippen LogP contribution in [0, 0.1) is 11.8 Å². The van der Waals surface area contributed by atoms with Crippen LogP contribution in [0.15, 0.2) is 51.9 Å². The number of likely N-dealkylation sites (tertiary alicyclic amines) is 1. The maximum Gasteiger partial charge on any atom is 0.395 e. The summed E-state index contributed by atoms with van der Waals surface area (Å²) >= 11 is 1.53. The number of carbonyl (C=O) groups is 1. The van der Waals surface area contributed by atoms with Gasteiger partial charge in [0.05, 0.1) is 17.5 Å². The second kappa shape index (κ2) is 8.67. The van der Waals surface area contributed by atoms with Gasteiger partial charge in [-0.05, 0) is 50.6 Å². The Bertz CT molecular complexity index is 868. The SMILES string of the molecule is O=C(O)[C@@H]1CCCN(CCCN2C3=C(C=CC(C(F)(F)F)C3)Sc3ccccc32)C1. The highest BCUT2D eigenvalue weighted by atomic mass is 32.2. The van der Waals surface area contributed by atoms with Crippen LogP contribution in [0.3, 0.4) is 0 Å². The summed E-state index contributed by atoms with van der Waals surface area (Å²) in [6, 6.07) is 7.83. The Hall–Kier alpha value is -1.93. The third-order valence-electron chi connectivity index (χ3n) is 6.01. The molecular weight excluding hydrogens is 413 g/mol. The van der Waals surface area contributed by atoms with Gasteiger partial charge in [-0.1, -0.05) is 30.0 Å². The minimum Gasteiger partial charge on any atom is -0.481 e. The molecule has 2 heterocycles. The first kappa shape index (κ1) is 21.3. The van der Waals surface area contributed by atoms with Crippen molar-refractivity contribution in [3.05, 3.63) is 47.0 Å². The van der Waals surface area contributed by atoms with Crippen LogP contribution in [0.25, 0.3) is 0 Å². The Morgan fingerprint density at radius 3 is 2.80 bits per heavy atom. The lowest BCUT2D eigenvalue weighted by Gasteiger charge is -2.38. The Kier molecular flexibility index (Phi) is 6.16. The van der Waals surface area contributed by atoms with Crippen LogP contribution in [0.5, 0.6) is 0 Å². The third-order valence-corrected chi connectivity index (χ3v) is 7.17. The van der Waals surface area contributed by atoms with Crippen molar-refractivity contribution in [1.82, 2.24) is 4.90 Å². The van der Waals surface area contributed by atoms with Crippen molar-refractivity contribution in [3.8, 4) is 0 Å². The monoisotopic (exact) mass is 438 g/mol. The molecule has 1 fully saturated rings. The predicted molar refractivity (Wildman–Crippen MR) is 111 cm³/mol. The van der Waals surface area contributed by atoms with Crippen molar-refractivity contribution < 1.29 is 23.1 Å². The van der Waals surface area contributed by atoms with E-state index in [0.717, 1.165) is 47.1 Å². The molecule has 1 aromatic rings. The molecule has 2 atom stereocenters. The number of para-hydroxylation sites is 1. The van der Waals surface area contributed by atoms with E-state index >= 15 is 0 Å². The second-order valence-electron chi connectivity index (χ2n) is 8.08. The van der Waals surface area contributed by atoms with E-state index in [1.165, 1.54) is 17.8 Å². The molecular formula is C22H25F3N2O2S. The van der Waals surface area contributed by atoms with E-state index in [4.69, 9.17) is 0 Å². The lowest BCUT2D eigenvalue weighted by Crippen LogP contribution is -2.40. The van der Waals surface area contributed by atoms with Crippen molar-refractivity contribution in [2.24, 2.45) is 11.8 Å². The molecule has 0 amide bonds. The van der Waals surface area contributed by atoms with E-state index in [0.29, 0.717) is 19.5 Å². The zero-order chi connectivity index (χ0) is 21.3. The number of nitrogens with zero attached hydrogens (tertiary/aromatic N) is 2. The van der Waals surface area contributed by atoms with Crippen LogP contribution in [-0.4, -0.2) is 48.3 Å². The number of allylic oxidation sites excluding steroid dienone is 3. The summed E-state index contributed by atoms with van der Waals surface area (Å²) in [7, 11) is 0. The van der Waals surface area contributed by atoms with E-state index in [-0.39, 0.29) is 12.3 Å². The molecule has 0 radical (unpaired) electrons. The zero-order valence-electron chi connectivity index (χ0n) is 16.6. The van der Waals surface area contributed by atoms with Crippen molar-refractivity contribution in [3.63, 3.8) is 0 Å². The van der Waals surface area contributed by atoms with Crippen LogP contribution in [-0.2, 0) is 4.79 Å². The smallest absolute Gasteiger partial charge is 0.395 e. The van der Waals surface area contributed by atoms with Gasteiger partial charge in [-0.15, -0.1) is 0 Å². The maximum atomic E-state index is 13.4. The van der Waals surface area contributed by atoms with Gasteiger partial charge in [0, 0.05) is 35.0 Å². The summed E-state index contributed by atoms with van der Waals surface area (Å²) < 4.78 is 40.1. The van der Waals surface area contributed by atoms with Gasteiger partial charge in [-0.25, -0.2) is 0 Å². The van der Waals surface area contributed by atoms with Crippen molar-refractivity contribution >= 4 is 23.4 Å². The molecule has 3 aliphatic rings. The lowest BCUT2D eigenvalue weighted by molar-refractivity contribution is -0.161. The van der Waals surface area contributed by atoms with Gasteiger partial charge in [-0.3, -0.25) is 4.79 Å². The fourth-order valence-electron chi connectivity index (χ4n) is 4.44. The number of anilines is 1. The van der Waals surface area contributed by atoms with Crippen molar-refractivity contribution in [1.29, 1.82) is 0 Å². The summed E-state index contributed by atoms with van der Waals surface area (Å²) in [6.07, 6.45) is 0.952. The third kappa shape index (κ3) is 4.54. The Balaban J connectivity index is 1.48. The number of hydrogen-bond acceptors (Lipinski definition) is 4. The molecule has 30 heavy (non-hydrogen) atoms. The number of hydrogen-bond donors (Lipinski definition) is 1. The molecule has 1 aliphatic carbocycles. The number of rotatable bonds is 5. The normalized spacial score (nSPS) is 24.6. The molecule has 1 aromatic carbocycles. The van der Waals surface area contributed by atoms with Crippen molar-refractivity contribution in [2.45, 2.75) is 36.8 Å². The predicted octanol–water partition coefficient (Wildman–Crippen LogP) is 5.14. The number of carboxylic acids is 1. The first-order chi connectivity index (χ1) is 14.3. The fourth-order valence-corrected chi connectivity index (χ4v) is 5.56. The number of halogens is 3. The fraction of sp³-hybridized carbons (Fsp3) is 0.500. The highest BCUT2D eigenvalue weighted by Gasteiger charge is 2.42. The molecule has 1 unspecified atom stereocenters. The molecule has 1 N–H and O–H groups in total. The largest absolute Gasteiger partial charge is 0.481 e. The molecule has 4 rings (SSSR count). The molecule has 0 aromatic heterocycles. The van der Waals surface area contributed by atoms with Gasteiger partial charge in [0.15, 0.2) is 0 Å². The van der Waals surface area contributed by atoms with Gasteiger partial charge in [0.2, 0.25) is 0 Å². The topological polar surface area (TPSA) is 43.8 Å². The first-order valence-electron chi connectivity index (χ1n) is 10.3. The summed E-state index contributed by atoms with van der Waals surface area (Å²) in [5.74, 6) is -2.53. The summed E-state index contributed by atoms with van der Waals surface area (Å²) in [6.45, 7) is 2.79. The van der Waals surface area contributed by atoms with Crippen LogP contribution in [0.4, 0.5) is 18.9 Å². The van der Waals surface area contributed by atoms with Crippen LogP contribution >= 0.6 is 11.8 Å². The van der Waals surface area contributed by atoms with E-state index in [2.05, 4.69) is 4.90 Å². The number of piperidine rings is 1. The number of alkyl halides is 3. The van der Waals surface area contributed by atoms with Crippen LogP contribution in [0.2, 0.25) is 0 Å². The summed E-state index contributed by atoms with van der Waals surface area (Å²) in [5.41, 5.74) is 1.70. The number of fused-ring (bicyclic) bond motifs is 1. The summed E-state index contributed by atoms with van der Waals surface area (Å²) in [5, 5.41) is 9.27. The molecule has 8 heteroatoms. The van der Waals surface area contributed by atoms with Crippen molar-refractivity contribution in [2.75, 3.05) is 31.1 Å². The van der Waals surface area contributed by atoms with Crippen LogP contribution in [0.1, 0.15) is 25.7 Å². The van der Waals surface area contributed by atoms with E-state index < -0.39 is 18.1 Å². The van der Waals surface area contributed by atoms with Gasteiger partial charge in [0.25, 0.3) is 0 Å². The highest BCUT2D eigenvalue weighted by molar-refractivity contribution is 8.03. The average molecular weight is 439 g/mol. The number of aliphatic carboxylic acids is 1. The molecule has 162 valence electrons. The molecule has 0 bridgehead atoms. The van der Waals surface area contributed by atoms with Gasteiger partial charge < -0.3 is 14.9 Å².